The van der Waals surface area contributed by atoms with E-state index in [1.54, 1.807) is 0 Å². The van der Waals surface area contributed by atoms with Gasteiger partial charge in [0.15, 0.2) is 0 Å². The average Bonchev–Trinajstić information content (AvgIpc) is 2.91. The highest BCUT2D eigenvalue weighted by molar-refractivity contribution is 7.97. The van der Waals surface area contributed by atoms with Crippen molar-refractivity contribution in [2.75, 3.05) is 19.6 Å². The predicted octanol–water partition coefficient (Wildman–Crippen LogP) is 2.48. The molecule has 0 radical (unpaired) electrons. The molecule has 1 atom stereocenters. The number of benzene rings is 1. The molecule has 0 unspecified atom stereocenters. The summed E-state index contributed by atoms with van der Waals surface area (Å²) in [5.74, 6) is 0.877. The quantitative estimate of drug-likeness (QED) is 0.734. The van der Waals surface area contributed by atoms with Gasteiger partial charge in [0.25, 0.3) is 0 Å². The van der Waals surface area contributed by atoms with Crippen LogP contribution in [0.2, 0.25) is 0 Å². The van der Waals surface area contributed by atoms with Gasteiger partial charge < -0.3 is 4.90 Å². The number of rotatable bonds is 1. The summed E-state index contributed by atoms with van der Waals surface area (Å²) < 4.78 is 2.56. The minimum absolute atomic E-state index is 0.699. The predicted molar refractivity (Wildman–Crippen MR) is 75.5 cm³/mol. The van der Waals surface area contributed by atoms with Gasteiger partial charge in [-0.2, -0.15) is 5.26 Å². The van der Waals surface area contributed by atoms with E-state index in [0.717, 1.165) is 18.0 Å². The van der Waals surface area contributed by atoms with Crippen molar-refractivity contribution in [2.45, 2.75) is 30.3 Å². The Balaban J connectivity index is 1.55. The zero-order chi connectivity index (χ0) is 12.8. The van der Waals surface area contributed by atoms with Gasteiger partial charge in [-0.05, 0) is 61.5 Å². The smallest absolute Gasteiger partial charge is 0.0992 e. The van der Waals surface area contributed by atoms with Gasteiger partial charge in [0, 0.05) is 24.0 Å². The van der Waals surface area contributed by atoms with Crippen LogP contribution in [0.4, 0.5) is 0 Å². The summed E-state index contributed by atoms with van der Waals surface area (Å²) in [5.41, 5.74) is 2.17. The summed E-state index contributed by atoms with van der Waals surface area (Å²) in [5, 5.41) is 8.99. The molecule has 19 heavy (non-hydrogen) atoms. The van der Waals surface area contributed by atoms with Gasteiger partial charge in [-0.3, -0.25) is 0 Å². The fraction of sp³-hybridized carbons (Fsp3) is 0.533. The monoisotopic (exact) mass is 271 g/mol. The number of piperidine rings is 3. The molecular weight excluding hydrogens is 254 g/mol. The number of nitriles is 1. The third-order valence-electron chi connectivity index (χ3n) is 4.73. The van der Waals surface area contributed by atoms with Crippen LogP contribution in [0.5, 0.6) is 0 Å². The first-order valence-corrected chi connectivity index (χ1v) is 7.81. The van der Waals surface area contributed by atoms with Gasteiger partial charge in [0.2, 0.25) is 0 Å². The van der Waals surface area contributed by atoms with Crippen LogP contribution < -0.4 is 0 Å². The number of nitrogens with zero attached hydrogens (tertiary/aromatic N) is 3. The summed E-state index contributed by atoms with van der Waals surface area (Å²) in [6.45, 7) is 4.87. The molecule has 98 valence electrons. The van der Waals surface area contributed by atoms with E-state index >= 15 is 0 Å². The first-order valence-electron chi connectivity index (χ1n) is 7.03. The lowest BCUT2D eigenvalue weighted by atomic mass is 9.84. The van der Waals surface area contributed by atoms with Crippen LogP contribution in [0.25, 0.3) is 0 Å². The van der Waals surface area contributed by atoms with E-state index in [9.17, 15) is 0 Å². The number of fused-ring (bicyclic) bond motifs is 4. The summed E-state index contributed by atoms with van der Waals surface area (Å²) in [4.78, 5) is 3.89. The lowest BCUT2D eigenvalue weighted by Gasteiger charge is -2.47. The van der Waals surface area contributed by atoms with Gasteiger partial charge in [-0.25, -0.2) is 4.31 Å². The van der Waals surface area contributed by atoms with E-state index < -0.39 is 0 Å². The Morgan fingerprint density at radius 1 is 1.26 bits per heavy atom. The van der Waals surface area contributed by atoms with E-state index in [0.29, 0.717) is 6.04 Å². The van der Waals surface area contributed by atoms with Crippen molar-refractivity contribution in [3.63, 3.8) is 0 Å². The molecule has 4 aliphatic rings. The van der Waals surface area contributed by atoms with Crippen molar-refractivity contribution >= 4 is 11.9 Å². The van der Waals surface area contributed by atoms with Crippen LogP contribution in [0.1, 0.15) is 24.0 Å². The van der Waals surface area contributed by atoms with Crippen molar-refractivity contribution in [3.8, 4) is 6.07 Å². The van der Waals surface area contributed by atoms with Crippen LogP contribution in [0, 0.1) is 17.2 Å². The molecule has 0 saturated carbocycles. The first kappa shape index (κ1) is 11.8. The van der Waals surface area contributed by atoms with Gasteiger partial charge in [0.1, 0.15) is 0 Å². The van der Waals surface area contributed by atoms with Crippen molar-refractivity contribution in [1.29, 1.82) is 5.26 Å². The number of hydrogen-bond donors (Lipinski definition) is 0. The van der Waals surface area contributed by atoms with E-state index in [2.05, 4.69) is 21.3 Å². The second kappa shape index (κ2) is 4.52. The lowest BCUT2D eigenvalue weighted by molar-refractivity contribution is 0.0420. The highest BCUT2D eigenvalue weighted by Gasteiger charge is 2.39. The molecule has 0 amide bonds. The third kappa shape index (κ3) is 1.97. The van der Waals surface area contributed by atoms with E-state index in [-0.39, 0.29) is 0 Å². The third-order valence-corrected chi connectivity index (χ3v) is 5.94. The molecule has 3 fully saturated rings. The van der Waals surface area contributed by atoms with Crippen LogP contribution in [-0.2, 0) is 6.54 Å². The molecule has 1 aromatic rings. The van der Waals surface area contributed by atoms with Crippen molar-refractivity contribution in [1.82, 2.24) is 9.21 Å². The SMILES string of the molecule is N#Cc1ccc2c(c1)SN([C@H]1CN3CCC1CC3)C2. The van der Waals surface area contributed by atoms with Gasteiger partial charge in [-0.15, -0.1) is 0 Å². The van der Waals surface area contributed by atoms with E-state index in [1.165, 1.54) is 42.9 Å². The summed E-state index contributed by atoms with van der Waals surface area (Å²) in [7, 11) is 0. The molecule has 5 rings (SSSR count). The highest BCUT2D eigenvalue weighted by Crippen LogP contribution is 2.42. The Morgan fingerprint density at radius 2 is 2.11 bits per heavy atom. The van der Waals surface area contributed by atoms with Crippen molar-refractivity contribution in [3.05, 3.63) is 29.3 Å². The molecule has 2 bridgehead atoms. The summed E-state index contributed by atoms with van der Waals surface area (Å²) in [6, 6.07) is 9.05. The molecule has 4 heterocycles. The fourth-order valence-electron chi connectivity index (χ4n) is 3.61. The minimum atomic E-state index is 0.699. The summed E-state index contributed by atoms with van der Waals surface area (Å²) >= 11 is 1.87. The molecule has 4 heteroatoms. The molecule has 1 aromatic carbocycles. The van der Waals surface area contributed by atoms with Crippen LogP contribution >= 0.6 is 11.9 Å². The second-order valence-electron chi connectivity index (χ2n) is 5.81. The molecular formula is C15H17N3S. The van der Waals surface area contributed by atoms with Gasteiger partial charge in [0.05, 0.1) is 11.6 Å². The average molecular weight is 271 g/mol. The highest BCUT2D eigenvalue weighted by atomic mass is 32.2. The zero-order valence-electron chi connectivity index (χ0n) is 10.9. The van der Waals surface area contributed by atoms with Crippen LogP contribution in [-0.4, -0.2) is 34.9 Å². The largest absolute Gasteiger partial charge is 0.302 e. The van der Waals surface area contributed by atoms with Gasteiger partial charge in [-0.1, -0.05) is 6.07 Å². The van der Waals surface area contributed by atoms with E-state index in [4.69, 9.17) is 5.26 Å². The molecule has 0 aliphatic carbocycles. The molecule has 0 aromatic heterocycles. The Morgan fingerprint density at radius 3 is 2.79 bits per heavy atom. The van der Waals surface area contributed by atoms with Crippen molar-refractivity contribution in [2.24, 2.45) is 5.92 Å². The standard InChI is InChI=1S/C15H17N3S/c16-8-11-1-2-13-9-18(19-15(13)7-11)14-10-17-5-3-12(14)4-6-17/h1-2,7,12,14H,3-6,9-10H2/t14-/m0/s1. The molecule has 3 nitrogen and oxygen atoms in total. The normalized spacial score (nSPS) is 33.1. The zero-order valence-corrected chi connectivity index (χ0v) is 11.7. The fourth-order valence-corrected chi connectivity index (χ4v) is 4.87. The molecule has 0 spiro atoms. The maximum atomic E-state index is 8.99. The Kier molecular flexibility index (Phi) is 2.80. The maximum Gasteiger partial charge on any atom is 0.0992 e. The maximum absolute atomic E-state index is 8.99. The van der Waals surface area contributed by atoms with Crippen LogP contribution in [0.15, 0.2) is 23.1 Å². The van der Waals surface area contributed by atoms with E-state index in [1.807, 2.05) is 24.1 Å². The molecule has 3 saturated heterocycles. The molecule has 4 aliphatic heterocycles. The van der Waals surface area contributed by atoms with Crippen LogP contribution in [0.3, 0.4) is 0 Å². The lowest BCUT2D eigenvalue weighted by Crippen LogP contribution is -2.54. The minimum Gasteiger partial charge on any atom is -0.302 e. The number of hydrogen-bond acceptors (Lipinski definition) is 4. The topological polar surface area (TPSA) is 30.3 Å². The Labute approximate surface area is 118 Å². The summed E-state index contributed by atoms with van der Waals surface area (Å²) in [6.07, 6.45) is 2.73. The second-order valence-corrected chi connectivity index (χ2v) is 6.90. The first-order chi connectivity index (χ1) is 9.33. The Bertz CT molecular complexity index is 543. The van der Waals surface area contributed by atoms with Crippen molar-refractivity contribution < 1.29 is 0 Å². The molecule has 0 N–H and O–H groups in total. The van der Waals surface area contributed by atoms with Gasteiger partial charge >= 0.3 is 0 Å². The Hall–Kier alpha value is -1.02.